The maximum atomic E-state index is 11.8. The highest BCUT2D eigenvalue weighted by atomic mass is 16.3. The Morgan fingerprint density at radius 3 is 2.59 bits per heavy atom. The molecule has 0 saturated carbocycles. The number of rotatable bonds is 2. The zero-order valence-corrected chi connectivity index (χ0v) is 11.2. The van der Waals surface area contributed by atoms with Gasteiger partial charge in [-0.2, -0.15) is 5.10 Å². The first-order valence-corrected chi connectivity index (χ1v) is 6.33. The molecule has 4 N–H and O–H groups in total. The third-order valence-corrected chi connectivity index (χ3v) is 3.16. The second-order valence-corrected chi connectivity index (χ2v) is 4.56. The molecule has 0 saturated heterocycles. The topological polar surface area (TPSA) is 115 Å². The Morgan fingerprint density at radius 1 is 1.00 bits per heavy atom. The molecule has 0 aliphatic carbocycles. The Balaban J connectivity index is 1.92. The van der Waals surface area contributed by atoms with Gasteiger partial charge in [-0.15, -0.1) is 5.10 Å². The molecule has 2 aromatic carbocycles. The zero-order chi connectivity index (χ0) is 15.7. The molecule has 0 bridgehead atoms. The molecule has 0 unspecified atom stereocenters. The first-order valence-electron chi connectivity index (χ1n) is 6.33. The van der Waals surface area contributed by atoms with Gasteiger partial charge in [-0.1, -0.05) is 18.2 Å². The molecule has 110 valence electrons. The minimum Gasteiger partial charge on any atom is -0.504 e. The number of hydrogen-bond acceptors (Lipinski definition) is 6. The van der Waals surface area contributed by atoms with Gasteiger partial charge in [0.15, 0.2) is 17.2 Å². The van der Waals surface area contributed by atoms with Crippen LogP contribution < -0.4 is 5.32 Å². The molecule has 0 atom stereocenters. The van der Waals surface area contributed by atoms with E-state index in [0.29, 0.717) is 11.3 Å². The SMILES string of the molecule is O=C1Nc2ccccc2C1=NN=Cc1ccc(O)c(O)c1O. The Labute approximate surface area is 124 Å². The summed E-state index contributed by atoms with van der Waals surface area (Å²) >= 11 is 0. The Bertz CT molecular complexity index is 828. The van der Waals surface area contributed by atoms with Crippen molar-refractivity contribution in [2.24, 2.45) is 10.2 Å². The number of carbonyl (C=O) groups excluding carboxylic acids is 1. The predicted octanol–water partition coefficient (Wildman–Crippen LogP) is 1.58. The minimum atomic E-state index is -0.638. The van der Waals surface area contributed by atoms with Crippen molar-refractivity contribution in [2.45, 2.75) is 0 Å². The highest BCUT2D eigenvalue weighted by Crippen LogP contribution is 2.36. The van der Waals surface area contributed by atoms with Crippen LogP contribution in [0.25, 0.3) is 0 Å². The normalized spacial score (nSPS) is 15.3. The van der Waals surface area contributed by atoms with Gasteiger partial charge >= 0.3 is 0 Å². The van der Waals surface area contributed by atoms with Crippen LogP contribution in [0.15, 0.2) is 46.6 Å². The molecule has 1 aliphatic rings. The summed E-state index contributed by atoms with van der Waals surface area (Å²) in [6.45, 7) is 0. The molecule has 1 amide bonds. The van der Waals surface area contributed by atoms with Gasteiger partial charge in [-0.3, -0.25) is 4.79 Å². The number of benzene rings is 2. The zero-order valence-electron chi connectivity index (χ0n) is 11.2. The van der Waals surface area contributed by atoms with E-state index in [0.717, 1.165) is 0 Å². The lowest BCUT2D eigenvalue weighted by atomic mass is 10.1. The van der Waals surface area contributed by atoms with Crippen molar-refractivity contribution in [1.29, 1.82) is 0 Å². The highest BCUT2D eigenvalue weighted by Gasteiger charge is 2.25. The molecule has 2 aromatic rings. The van der Waals surface area contributed by atoms with Crippen molar-refractivity contribution in [3.63, 3.8) is 0 Å². The quantitative estimate of drug-likeness (QED) is 0.382. The number of amides is 1. The van der Waals surface area contributed by atoms with Crippen molar-refractivity contribution >= 4 is 23.5 Å². The van der Waals surface area contributed by atoms with Gasteiger partial charge in [0.05, 0.1) is 11.9 Å². The van der Waals surface area contributed by atoms with Gasteiger partial charge in [0.2, 0.25) is 5.75 Å². The van der Waals surface area contributed by atoms with E-state index in [-0.39, 0.29) is 17.2 Å². The summed E-state index contributed by atoms with van der Waals surface area (Å²) in [6, 6.07) is 9.64. The number of para-hydroxylation sites is 1. The van der Waals surface area contributed by atoms with Crippen molar-refractivity contribution in [3.05, 3.63) is 47.5 Å². The molecule has 7 nitrogen and oxygen atoms in total. The minimum absolute atomic E-state index is 0.159. The lowest BCUT2D eigenvalue weighted by molar-refractivity contribution is -0.110. The monoisotopic (exact) mass is 297 g/mol. The maximum Gasteiger partial charge on any atom is 0.276 e. The number of carbonyl (C=O) groups is 1. The number of phenolic OH excluding ortho intramolecular Hbond substituents is 3. The molecule has 22 heavy (non-hydrogen) atoms. The van der Waals surface area contributed by atoms with Gasteiger partial charge in [0.25, 0.3) is 5.91 Å². The number of aromatic hydroxyl groups is 3. The Kier molecular flexibility index (Phi) is 3.23. The molecule has 3 rings (SSSR count). The smallest absolute Gasteiger partial charge is 0.276 e. The Morgan fingerprint density at radius 2 is 1.77 bits per heavy atom. The molecule has 1 heterocycles. The van der Waals surface area contributed by atoms with E-state index in [4.69, 9.17) is 0 Å². The summed E-state index contributed by atoms with van der Waals surface area (Å²) in [7, 11) is 0. The molecular formula is C15H11N3O4. The predicted molar refractivity (Wildman–Crippen MR) is 80.6 cm³/mol. The number of anilines is 1. The maximum absolute atomic E-state index is 11.8. The van der Waals surface area contributed by atoms with E-state index in [2.05, 4.69) is 15.5 Å². The summed E-state index contributed by atoms with van der Waals surface area (Å²) in [6.07, 6.45) is 1.18. The fourth-order valence-electron chi connectivity index (χ4n) is 2.04. The summed E-state index contributed by atoms with van der Waals surface area (Å²) < 4.78 is 0. The Hall–Kier alpha value is -3.35. The van der Waals surface area contributed by atoms with E-state index in [1.165, 1.54) is 18.3 Å². The number of phenols is 3. The van der Waals surface area contributed by atoms with Crippen molar-refractivity contribution in [3.8, 4) is 17.2 Å². The van der Waals surface area contributed by atoms with E-state index >= 15 is 0 Å². The van der Waals surface area contributed by atoms with Gasteiger partial charge in [-0.25, -0.2) is 0 Å². The fraction of sp³-hybridized carbons (Fsp3) is 0. The first-order chi connectivity index (χ1) is 10.6. The van der Waals surface area contributed by atoms with E-state index in [1.54, 1.807) is 24.3 Å². The van der Waals surface area contributed by atoms with Gasteiger partial charge in [-0.05, 0) is 18.2 Å². The lowest BCUT2D eigenvalue weighted by Crippen LogP contribution is -2.13. The van der Waals surface area contributed by atoms with Crippen molar-refractivity contribution in [1.82, 2.24) is 0 Å². The number of nitrogens with zero attached hydrogens (tertiary/aromatic N) is 2. The number of nitrogens with one attached hydrogen (secondary N) is 1. The van der Waals surface area contributed by atoms with E-state index in [9.17, 15) is 20.1 Å². The second kappa shape index (κ2) is 5.21. The fourth-order valence-corrected chi connectivity index (χ4v) is 2.04. The van der Waals surface area contributed by atoms with Crippen LogP contribution in [-0.4, -0.2) is 33.2 Å². The molecular weight excluding hydrogens is 286 g/mol. The summed E-state index contributed by atoms with van der Waals surface area (Å²) in [5, 5.41) is 38.6. The van der Waals surface area contributed by atoms with Crippen LogP contribution >= 0.6 is 0 Å². The molecule has 1 aliphatic heterocycles. The molecule has 7 heteroatoms. The summed E-state index contributed by atoms with van der Waals surface area (Å²) in [4.78, 5) is 11.8. The van der Waals surface area contributed by atoms with Crippen molar-refractivity contribution < 1.29 is 20.1 Å². The average Bonchev–Trinajstić information content (AvgIpc) is 2.83. The third kappa shape index (κ3) is 2.24. The molecule has 0 aromatic heterocycles. The molecule has 0 fully saturated rings. The molecule has 0 spiro atoms. The lowest BCUT2D eigenvalue weighted by Gasteiger charge is -2.02. The van der Waals surface area contributed by atoms with Crippen LogP contribution in [0, 0.1) is 0 Å². The first kappa shape index (κ1) is 13.6. The highest BCUT2D eigenvalue weighted by molar-refractivity contribution is 6.53. The number of hydrogen-bond donors (Lipinski definition) is 4. The summed E-state index contributed by atoms with van der Waals surface area (Å²) in [5.74, 6) is -1.96. The van der Waals surface area contributed by atoms with Crippen LogP contribution in [0.4, 0.5) is 5.69 Å². The standard InChI is InChI=1S/C15H11N3O4/c19-11-6-5-8(13(20)14(11)21)7-16-18-12-9-3-1-2-4-10(9)17-15(12)22/h1-7,19-21H,(H,17,18,22). The van der Waals surface area contributed by atoms with Gasteiger partial charge in [0.1, 0.15) is 0 Å². The van der Waals surface area contributed by atoms with Crippen LogP contribution in [0.3, 0.4) is 0 Å². The molecule has 0 radical (unpaired) electrons. The van der Waals surface area contributed by atoms with Crippen LogP contribution in [0.5, 0.6) is 17.2 Å². The van der Waals surface area contributed by atoms with Crippen LogP contribution in [0.2, 0.25) is 0 Å². The summed E-state index contributed by atoms with van der Waals surface area (Å²) in [5.41, 5.74) is 1.62. The van der Waals surface area contributed by atoms with Crippen LogP contribution in [-0.2, 0) is 4.79 Å². The largest absolute Gasteiger partial charge is 0.504 e. The van der Waals surface area contributed by atoms with Crippen LogP contribution in [0.1, 0.15) is 11.1 Å². The van der Waals surface area contributed by atoms with Gasteiger partial charge in [0, 0.05) is 11.1 Å². The number of fused-ring (bicyclic) bond motifs is 1. The third-order valence-electron chi connectivity index (χ3n) is 3.16. The average molecular weight is 297 g/mol. The second-order valence-electron chi connectivity index (χ2n) is 4.56. The van der Waals surface area contributed by atoms with Crippen molar-refractivity contribution in [2.75, 3.05) is 5.32 Å². The van der Waals surface area contributed by atoms with E-state index < -0.39 is 17.2 Å². The van der Waals surface area contributed by atoms with E-state index in [1.807, 2.05) is 0 Å². The van der Waals surface area contributed by atoms with Gasteiger partial charge < -0.3 is 20.6 Å².